The summed E-state index contributed by atoms with van der Waals surface area (Å²) in [6.45, 7) is 7.16. The van der Waals surface area contributed by atoms with E-state index in [2.05, 4.69) is 12.2 Å². The van der Waals surface area contributed by atoms with E-state index in [1.807, 2.05) is 32.0 Å². The van der Waals surface area contributed by atoms with Crippen LogP contribution in [0.5, 0.6) is 5.75 Å². The molecule has 4 N–H and O–H groups in total. The molecule has 1 unspecified atom stereocenters. The number of hydrogen-bond acceptors (Lipinski definition) is 4. The molecule has 108 valence electrons. The molecule has 19 heavy (non-hydrogen) atoms. The van der Waals surface area contributed by atoms with Crippen LogP contribution in [0.2, 0.25) is 0 Å². The zero-order chi connectivity index (χ0) is 14.3. The Kier molecular flexibility index (Phi) is 6.50. The van der Waals surface area contributed by atoms with Gasteiger partial charge in [-0.1, -0.05) is 6.92 Å². The molecule has 0 saturated heterocycles. The maximum Gasteiger partial charge on any atom is 0.144 e. The van der Waals surface area contributed by atoms with Gasteiger partial charge in [0.15, 0.2) is 0 Å². The Hall–Kier alpha value is -1.42. The van der Waals surface area contributed by atoms with Gasteiger partial charge >= 0.3 is 0 Å². The topological polar surface area (TPSA) is 67.5 Å². The summed E-state index contributed by atoms with van der Waals surface area (Å²) in [5.74, 6) is 1.09. The molecule has 0 spiro atoms. The average Bonchev–Trinajstić information content (AvgIpc) is 2.37. The molecule has 0 aromatic heterocycles. The van der Waals surface area contributed by atoms with Gasteiger partial charge in [0.1, 0.15) is 5.75 Å². The lowest BCUT2D eigenvalue weighted by Gasteiger charge is -2.14. The van der Waals surface area contributed by atoms with Crippen molar-refractivity contribution in [2.24, 2.45) is 5.92 Å². The van der Waals surface area contributed by atoms with Crippen molar-refractivity contribution >= 4 is 11.4 Å². The summed E-state index contributed by atoms with van der Waals surface area (Å²) in [6, 6.07) is 5.75. The molecule has 1 atom stereocenters. The van der Waals surface area contributed by atoms with Gasteiger partial charge in [-0.3, -0.25) is 0 Å². The fourth-order valence-electron chi connectivity index (χ4n) is 1.77. The molecule has 0 heterocycles. The molecule has 4 nitrogen and oxygen atoms in total. The number of ether oxygens (including phenoxy) is 1. The summed E-state index contributed by atoms with van der Waals surface area (Å²) < 4.78 is 5.65. The van der Waals surface area contributed by atoms with E-state index in [1.165, 1.54) is 0 Å². The van der Waals surface area contributed by atoms with Crippen molar-refractivity contribution in [3.63, 3.8) is 0 Å². The fraction of sp³-hybridized carbons (Fsp3) is 0.600. The van der Waals surface area contributed by atoms with Crippen molar-refractivity contribution in [1.82, 2.24) is 0 Å². The Morgan fingerprint density at radius 1 is 1.32 bits per heavy atom. The zero-order valence-corrected chi connectivity index (χ0v) is 12.1. The number of hydrogen-bond donors (Lipinski definition) is 3. The van der Waals surface area contributed by atoms with E-state index >= 15 is 0 Å². The second-order valence-corrected chi connectivity index (χ2v) is 5.28. The van der Waals surface area contributed by atoms with Gasteiger partial charge < -0.3 is 20.9 Å². The maximum absolute atomic E-state index is 8.95. The highest BCUT2D eigenvalue weighted by molar-refractivity contribution is 5.61. The van der Waals surface area contributed by atoms with E-state index in [9.17, 15) is 0 Å². The van der Waals surface area contributed by atoms with E-state index in [1.54, 1.807) is 0 Å². The van der Waals surface area contributed by atoms with Gasteiger partial charge in [0.25, 0.3) is 0 Å². The number of aliphatic hydroxyl groups excluding tert-OH is 1. The third-order valence-electron chi connectivity index (χ3n) is 2.89. The molecule has 0 aliphatic carbocycles. The summed E-state index contributed by atoms with van der Waals surface area (Å²) >= 11 is 0. The smallest absolute Gasteiger partial charge is 0.144 e. The van der Waals surface area contributed by atoms with E-state index in [4.69, 9.17) is 15.6 Å². The third kappa shape index (κ3) is 5.83. The number of aliphatic hydroxyl groups is 1. The van der Waals surface area contributed by atoms with Crippen LogP contribution in [-0.2, 0) is 0 Å². The van der Waals surface area contributed by atoms with Crippen molar-refractivity contribution < 1.29 is 9.84 Å². The van der Waals surface area contributed by atoms with E-state index in [0.29, 0.717) is 11.6 Å². The molecule has 0 fully saturated rings. The van der Waals surface area contributed by atoms with E-state index in [-0.39, 0.29) is 12.7 Å². The van der Waals surface area contributed by atoms with Crippen LogP contribution in [0.1, 0.15) is 33.6 Å². The first-order chi connectivity index (χ1) is 9.02. The summed E-state index contributed by atoms with van der Waals surface area (Å²) in [5, 5.41) is 12.3. The minimum atomic E-state index is 0.114. The lowest BCUT2D eigenvalue weighted by molar-refractivity contribution is 0.229. The van der Waals surface area contributed by atoms with Crippen LogP contribution in [0.3, 0.4) is 0 Å². The highest BCUT2D eigenvalue weighted by atomic mass is 16.5. The van der Waals surface area contributed by atoms with Crippen molar-refractivity contribution in [3.05, 3.63) is 18.2 Å². The SMILES string of the molecule is CC(CO)CCCNc1ccc(N)c(OC(C)C)c1. The average molecular weight is 266 g/mol. The van der Waals surface area contributed by atoms with E-state index in [0.717, 1.165) is 30.8 Å². The van der Waals surface area contributed by atoms with Gasteiger partial charge in [-0.05, 0) is 44.7 Å². The predicted octanol–water partition coefficient (Wildman–Crippen LogP) is 2.88. The van der Waals surface area contributed by atoms with Crippen LogP contribution >= 0.6 is 0 Å². The van der Waals surface area contributed by atoms with Crippen LogP contribution in [0.4, 0.5) is 11.4 Å². The van der Waals surface area contributed by atoms with Gasteiger partial charge in [0.2, 0.25) is 0 Å². The number of nitrogens with one attached hydrogen (secondary N) is 1. The van der Waals surface area contributed by atoms with Crippen LogP contribution in [0, 0.1) is 5.92 Å². The molecule has 1 aromatic carbocycles. The van der Waals surface area contributed by atoms with Crippen LogP contribution < -0.4 is 15.8 Å². The molecule has 0 aliphatic heterocycles. The molecule has 1 rings (SSSR count). The molecule has 0 amide bonds. The van der Waals surface area contributed by atoms with Gasteiger partial charge in [-0.15, -0.1) is 0 Å². The molecule has 4 heteroatoms. The van der Waals surface area contributed by atoms with Crippen molar-refractivity contribution in [2.45, 2.75) is 39.7 Å². The highest BCUT2D eigenvalue weighted by Crippen LogP contribution is 2.26. The largest absolute Gasteiger partial charge is 0.489 e. The van der Waals surface area contributed by atoms with Crippen molar-refractivity contribution in [3.8, 4) is 5.75 Å². The molecule has 1 aromatic rings. The highest BCUT2D eigenvalue weighted by Gasteiger charge is 2.05. The Labute approximate surface area is 116 Å². The molecular formula is C15H26N2O2. The van der Waals surface area contributed by atoms with Crippen LogP contribution in [0.25, 0.3) is 0 Å². The molecule has 0 bridgehead atoms. The Balaban J connectivity index is 2.46. The molecular weight excluding hydrogens is 240 g/mol. The summed E-state index contributed by atoms with van der Waals surface area (Å²) in [4.78, 5) is 0. The summed E-state index contributed by atoms with van der Waals surface area (Å²) in [6.07, 6.45) is 2.17. The Morgan fingerprint density at radius 3 is 2.68 bits per heavy atom. The second-order valence-electron chi connectivity index (χ2n) is 5.28. The Bertz CT molecular complexity index is 380. The number of nitrogen functional groups attached to an aromatic ring is 1. The molecule has 0 radical (unpaired) electrons. The predicted molar refractivity (Wildman–Crippen MR) is 80.6 cm³/mol. The first-order valence-electron chi connectivity index (χ1n) is 6.93. The van der Waals surface area contributed by atoms with Crippen LogP contribution in [-0.4, -0.2) is 24.4 Å². The summed E-state index contributed by atoms with van der Waals surface area (Å²) in [5.41, 5.74) is 7.55. The normalized spacial score (nSPS) is 12.5. The second kappa shape index (κ2) is 7.89. The third-order valence-corrected chi connectivity index (χ3v) is 2.89. The fourth-order valence-corrected chi connectivity index (χ4v) is 1.77. The number of rotatable bonds is 8. The first-order valence-corrected chi connectivity index (χ1v) is 6.93. The van der Waals surface area contributed by atoms with Crippen molar-refractivity contribution in [1.29, 1.82) is 0 Å². The first kappa shape index (κ1) is 15.6. The quantitative estimate of drug-likeness (QED) is 0.500. The minimum Gasteiger partial charge on any atom is -0.489 e. The minimum absolute atomic E-state index is 0.114. The van der Waals surface area contributed by atoms with Crippen molar-refractivity contribution in [2.75, 3.05) is 24.2 Å². The number of anilines is 2. The number of benzene rings is 1. The lowest BCUT2D eigenvalue weighted by atomic mass is 10.1. The standard InChI is InChI=1S/C15H26N2O2/c1-11(2)19-15-9-13(6-7-14(15)16)17-8-4-5-12(3)10-18/h6-7,9,11-12,17-18H,4-5,8,10,16H2,1-3H3. The summed E-state index contributed by atoms with van der Waals surface area (Å²) in [7, 11) is 0. The molecule has 0 saturated carbocycles. The lowest BCUT2D eigenvalue weighted by Crippen LogP contribution is -2.09. The Morgan fingerprint density at radius 2 is 2.05 bits per heavy atom. The van der Waals surface area contributed by atoms with Gasteiger partial charge in [-0.25, -0.2) is 0 Å². The number of nitrogens with two attached hydrogens (primary N) is 1. The molecule has 0 aliphatic rings. The van der Waals surface area contributed by atoms with E-state index < -0.39 is 0 Å². The van der Waals surface area contributed by atoms with Crippen LogP contribution in [0.15, 0.2) is 18.2 Å². The monoisotopic (exact) mass is 266 g/mol. The zero-order valence-electron chi connectivity index (χ0n) is 12.1. The maximum atomic E-state index is 8.95. The van der Waals surface area contributed by atoms with Gasteiger partial charge in [0, 0.05) is 24.9 Å². The van der Waals surface area contributed by atoms with Gasteiger partial charge in [0.05, 0.1) is 11.8 Å². The van der Waals surface area contributed by atoms with Gasteiger partial charge in [-0.2, -0.15) is 0 Å².